The zero-order valence-electron chi connectivity index (χ0n) is 8.28. The number of hydrogen-bond acceptors (Lipinski definition) is 3. The molecule has 0 bridgehead atoms. The third-order valence-electron chi connectivity index (χ3n) is 2.49. The molecule has 1 rings (SSSR count). The molecule has 1 aliphatic carbocycles. The van der Waals surface area contributed by atoms with Crippen molar-refractivity contribution in [2.75, 3.05) is 5.75 Å². The number of sulfonamides is 1. The van der Waals surface area contributed by atoms with Gasteiger partial charge in [0.1, 0.15) is 0 Å². The molecule has 0 aliphatic heterocycles. The van der Waals surface area contributed by atoms with Gasteiger partial charge in [-0.3, -0.25) is 0 Å². The minimum atomic E-state index is -3.21. The van der Waals surface area contributed by atoms with Gasteiger partial charge in [-0.2, -0.15) is 0 Å². The normalized spacial score (nSPS) is 28.6. The predicted octanol–water partition coefficient (Wildman–Crippen LogP) is 0.362. The molecule has 0 spiro atoms. The third kappa shape index (κ3) is 3.40. The van der Waals surface area contributed by atoms with Gasteiger partial charge in [-0.1, -0.05) is 18.9 Å². The van der Waals surface area contributed by atoms with Gasteiger partial charge in [0.05, 0.1) is 5.75 Å². The van der Waals surface area contributed by atoms with Crippen molar-refractivity contribution in [3.63, 3.8) is 0 Å². The van der Waals surface area contributed by atoms with E-state index in [0.29, 0.717) is 0 Å². The second-order valence-corrected chi connectivity index (χ2v) is 5.54. The van der Waals surface area contributed by atoms with Gasteiger partial charge in [0, 0.05) is 12.1 Å². The highest BCUT2D eigenvalue weighted by atomic mass is 32.2. The van der Waals surface area contributed by atoms with Gasteiger partial charge >= 0.3 is 0 Å². The summed E-state index contributed by atoms with van der Waals surface area (Å²) in [6.45, 7) is 3.41. The lowest BCUT2D eigenvalue weighted by molar-refractivity contribution is 0.361. The molecule has 3 N–H and O–H groups in total. The van der Waals surface area contributed by atoms with Crippen molar-refractivity contribution in [1.82, 2.24) is 4.72 Å². The maximum absolute atomic E-state index is 11.4. The van der Waals surface area contributed by atoms with E-state index in [2.05, 4.69) is 11.3 Å². The van der Waals surface area contributed by atoms with Crippen LogP contribution >= 0.6 is 0 Å². The summed E-state index contributed by atoms with van der Waals surface area (Å²) in [5, 5.41) is 0. The molecule has 0 aromatic rings. The molecule has 1 fully saturated rings. The van der Waals surface area contributed by atoms with Gasteiger partial charge in [-0.25, -0.2) is 13.1 Å². The highest BCUT2D eigenvalue weighted by Gasteiger charge is 2.25. The minimum absolute atomic E-state index is 0.0315. The Balaban J connectivity index is 2.53. The highest BCUT2D eigenvalue weighted by Crippen LogP contribution is 2.17. The SMILES string of the molecule is C=CCS(=O)(=O)N[C@@H]1CCCC[C@H]1N. The molecule has 0 saturated heterocycles. The van der Waals surface area contributed by atoms with Crippen LogP contribution in [0.1, 0.15) is 25.7 Å². The average Bonchev–Trinajstić information content (AvgIpc) is 2.08. The Bertz CT molecular complexity index is 287. The first-order chi connectivity index (χ1) is 6.55. The Labute approximate surface area is 85.6 Å². The van der Waals surface area contributed by atoms with Crippen LogP contribution in [0, 0.1) is 0 Å². The molecular weight excluding hydrogens is 200 g/mol. The van der Waals surface area contributed by atoms with E-state index >= 15 is 0 Å². The van der Waals surface area contributed by atoms with Crippen LogP contribution in [0.25, 0.3) is 0 Å². The van der Waals surface area contributed by atoms with E-state index in [-0.39, 0.29) is 17.8 Å². The van der Waals surface area contributed by atoms with Crippen molar-refractivity contribution < 1.29 is 8.42 Å². The highest BCUT2D eigenvalue weighted by molar-refractivity contribution is 7.89. The maximum atomic E-state index is 11.4. The van der Waals surface area contributed by atoms with Crippen molar-refractivity contribution in [2.24, 2.45) is 5.73 Å². The van der Waals surface area contributed by atoms with Gasteiger partial charge in [0.15, 0.2) is 0 Å². The lowest BCUT2D eigenvalue weighted by Gasteiger charge is -2.28. The van der Waals surface area contributed by atoms with Crippen LogP contribution in [0.15, 0.2) is 12.7 Å². The van der Waals surface area contributed by atoms with Gasteiger partial charge < -0.3 is 5.73 Å². The second kappa shape index (κ2) is 4.91. The molecule has 0 radical (unpaired) electrons. The molecule has 0 aromatic heterocycles. The molecular formula is C9H18N2O2S. The maximum Gasteiger partial charge on any atom is 0.215 e. The molecule has 1 aliphatic rings. The molecule has 14 heavy (non-hydrogen) atoms. The fourth-order valence-electron chi connectivity index (χ4n) is 1.74. The predicted molar refractivity (Wildman–Crippen MR) is 57.4 cm³/mol. The Kier molecular flexibility index (Phi) is 4.10. The molecule has 5 heteroatoms. The van der Waals surface area contributed by atoms with Gasteiger partial charge in [0.25, 0.3) is 0 Å². The molecule has 0 amide bonds. The second-order valence-electron chi connectivity index (χ2n) is 3.74. The van der Waals surface area contributed by atoms with Crippen molar-refractivity contribution in [1.29, 1.82) is 0 Å². The quantitative estimate of drug-likeness (QED) is 0.669. The van der Waals surface area contributed by atoms with Crippen molar-refractivity contribution in [2.45, 2.75) is 37.8 Å². The topological polar surface area (TPSA) is 72.2 Å². The standard InChI is InChI=1S/C9H18N2O2S/c1-2-7-14(12,13)11-9-6-4-3-5-8(9)10/h2,8-9,11H,1,3-7,10H2/t8-,9-/m1/s1. The van der Waals surface area contributed by atoms with E-state index in [4.69, 9.17) is 5.73 Å². The van der Waals surface area contributed by atoms with Crippen molar-refractivity contribution in [3.8, 4) is 0 Å². The average molecular weight is 218 g/mol. The monoisotopic (exact) mass is 218 g/mol. The van der Waals surface area contributed by atoms with Gasteiger partial charge in [-0.05, 0) is 12.8 Å². The summed E-state index contributed by atoms with van der Waals surface area (Å²) >= 11 is 0. The van der Waals surface area contributed by atoms with Gasteiger partial charge in [0.2, 0.25) is 10.0 Å². The van der Waals surface area contributed by atoms with E-state index < -0.39 is 10.0 Å². The molecule has 1 saturated carbocycles. The van der Waals surface area contributed by atoms with E-state index in [1.165, 1.54) is 6.08 Å². The number of nitrogens with two attached hydrogens (primary N) is 1. The summed E-state index contributed by atoms with van der Waals surface area (Å²) in [7, 11) is -3.21. The van der Waals surface area contributed by atoms with Crippen LogP contribution in [-0.4, -0.2) is 26.3 Å². The summed E-state index contributed by atoms with van der Waals surface area (Å²) in [5.41, 5.74) is 5.83. The summed E-state index contributed by atoms with van der Waals surface area (Å²) in [5.74, 6) is -0.0315. The first kappa shape index (κ1) is 11.7. The Morgan fingerprint density at radius 2 is 2.07 bits per heavy atom. The van der Waals surface area contributed by atoms with Crippen molar-refractivity contribution >= 4 is 10.0 Å². The first-order valence-corrected chi connectivity index (χ1v) is 6.57. The zero-order valence-corrected chi connectivity index (χ0v) is 9.09. The van der Waals surface area contributed by atoms with E-state index in [9.17, 15) is 8.42 Å². The Morgan fingerprint density at radius 1 is 1.43 bits per heavy atom. The van der Waals surface area contributed by atoms with Crippen molar-refractivity contribution in [3.05, 3.63) is 12.7 Å². The zero-order chi connectivity index (χ0) is 10.6. The lowest BCUT2D eigenvalue weighted by atomic mass is 9.92. The molecule has 0 unspecified atom stereocenters. The van der Waals surface area contributed by atoms with Crippen LogP contribution in [-0.2, 0) is 10.0 Å². The number of nitrogens with one attached hydrogen (secondary N) is 1. The molecule has 0 heterocycles. The van der Waals surface area contributed by atoms with Crippen LogP contribution < -0.4 is 10.5 Å². The summed E-state index contributed by atoms with van der Waals surface area (Å²) in [6.07, 6.45) is 5.28. The smallest absolute Gasteiger partial charge is 0.215 e. The van der Waals surface area contributed by atoms with E-state index in [1.54, 1.807) is 0 Å². The number of rotatable bonds is 4. The summed E-state index contributed by atoms with van der Waals surface area (Å²) in [6, 6.07) is -0.128. The molecule has 2 atom stereocenters. The molecule has 0 aromatic carbocycles. The Hall–Kier alpha value is -0.390. The molecule has 82 valence electrons. The van der Waals surface area contributed by atoms with Crippen LogP contribution in [0.5, 0.6) is 0 Å². The van der Waals surface area contributed by atoms with E-state index in [0.717, 1.165) is 25.7 Å². The fourth-order valence-corrected chi connectivity index (χ4v) is 2.90. The number of hydrogen-bond donors (Lipinski definition) is 2. The van der Waals surface area contributed by atoms with Crippen LogP contribution in [0.4, 0.5) is 0 Å². The van der Waals surface area contributed by atoms with Gasteiger partial charge in [-0.15, -0.1) is 6.58 Å². The lowest BCUT2D eigenvalue weighted by Crippen LogP contribution is -2.49. The largest absolute Gasteiger partial charge is 0.326 e. The van der Waals surface area contributed by atoms with Crippen LogP contribution in [0.3, 0.4) is 0 Å². The minimum Gasteiger partial charge on any atom is -0.326 e. The first-order valence-electron chi connectivity index (χ1n) is 4.91. The van der Waals surface area contributed by atoms with E-state index in [1.807, 2.05) is 0 Å². The Morgan fingerprint density at radius 3 is 2.64 bits per heavy atom. The van der Waals surface area contributed by atoms with Crippen LogP contribution in [0.2, 0.25) is 0 Å². The summed E-state index contributed by atoms with van der Waals surface area (Å²) < 4.78 is 25.4. The molecule has 4 nitrogen and oxygen atoms in total. The fraction of sp³-hybridized carbons (Fsp3) is 0.778. The third-order valence-corrected chi connectivity index (χ3v) is 3.82. The summed E-state index contributed by atoms with van der Waals surface area (Å²) in [4.78, 5) is 0.